The molecule has 0 unspecified atom stereocenters. The smallest absolute Gasteiger partial charge is 0.274 e. The maximum absolute atomic E-state index is 12.5. The van der Waals surface area contributed by atoms with Crippen LogP contribution in [0.2, 0.25) is 0 Å². The van der Waals surface area contributed by atoms with E-state index in [1.54, 1.807) is 24.7 Å². The Kier molecular flexibility index (Phi) is 5.81. The van der Waals surface area contributed by atoms with Crippen molar-refractivity contribution in [2.75, 3.05) is 23.8 Å². The molecular formula is C22H24N4O. The first kappa shape index (κ1) is 18.6. The summed E-state index contributed by atoms with van der Waals surface area (Å²) in [5.41, 5.74) is 5.56. The Balaban J connectivity index is 1.63. The van der Waals surface area contributed by atoms with Gasteiger partial charge < -0.3 is 10.2 Å². The summed E-state index contributed by atoms with van der Waals surface area (Å²) in [5, 5.41) is 2.97. The van der Waals surface area contributed by atoms with Crippen LogP contribution >= 0.6 is 0 Å². The number of nitrogens with zero attached hydrogens (tertiary/aromatic N) is 3. The first-order chi connectivity index (χ1) is 13.0. The second kappa shape index (κ2) is 8.45. The van der Waals surface area contributed by atoms with Gasteiger partial charge in [-0.15, -0.1) is 0 Å². The molecule has 0 aliphatic heterocycles. The summed E-state index contributed by atoms with van der Waals surface area (Å²) < 4.78 is 0. The van der Waals surface area contributed by atoms with Crippen molar-refractivity contribution in [2.24, 2.45) is 0 Å². The van der Waals surface area contributed by atoms with Crippen molar-refractivity contribution in [3.8, 4) is 0 Å². The van der Waals surface area contributed by atoms with Gasteiger partial charge in [0.05, 0.1) is 11.9 Å². The van der Waals surface area contributed by atoms with Gasteiger partial charge in [-0.2, -0.15) is 0 Å². The second-order valence-corrected chi connectivity index (χ2v) is 6.65. The first-order valence-corrected chi connectivity index (χ1v) is 8.98. The van der Waals surface area contributed by atoms with E-state index in [9.17, 15) is 4.79 Å². The number of likely N-dealkylation sites (N-methyl/N-ethyl adjacent to an activating group) is 1. The number of nitrogens with one attached hydrogen (secondary N) is 1. The monoisotopic (exact) mass is 360 g/mol. The van der Waals surface area contributed by atoms with Crippen molar-refractivity contribution in [1.29, 1.82) is 0 Å². The predicted molar refractivity (Wildman–Crippen MR) is 109 cm³/mol. The molecule has 0 fully saturated rings. The van der Waals surface area contributed by atoms with Gasteiger partial charge in [-0.25, -0.2) is 4.98 Å². The van der Waals surface area contributed by atoms with E-state index in [-0.39, 0.29) is 5.91 Å². The van der Waals surface area contributed by atoms with Crippen molar-refractivity contribution in [3.05, 3.63) is 83.4 Å². The van der Waals surface area contributed by atoms with E-state index in [4.69, 9.17) is 0 Å². The minimum atomic E-state index is -0.196. The molecule has 0 spiro atoms. The minimum absolute atomic E-state index is 0.196. The number of aryl methyl sites for hydroxylation is 2. The second-order valence-electron chi connectivity index (χ2n) is 6.65. The predicted octanol–water partition coefficient (Wildman–Crippen LogP) is 4.02. The zero-order valence-corrected chi connectivity index (χ0v) is 15.9. The Morgan fingerprint density at radius 1 is 1.04 bits per heavy atom. The lowest BCUT2D eigenvalue weighted by Crippen LogP contribution is -2.21. The van der Waals surface area contributed by atoms with Crippen LogP contribution in [0.25, 0.3) is 0 Å². The molecule has 0 aliphatic rings. The zero-order chi connectivity index (χ0) is 19.2. The molecule has 0 atom stereocenters. The van der Waals surface area contributed by atoms with Crippen LogP contribution in [-0.4, -0.2) is 29.5 Å². The number of carbonyl (C=O) groups is 1. The van der Waals surface area contributed by atoms with Crippen LogP contribution in [0.5, 0.6) is 0 Å². The van der Waals surface area contributed by atoms with Crippen LogP contribution in [0.3, 0.4) is 0 Å². The van der Waals surface area contributed by atoms with Gasteiger partial charge in [0.2, 0.25) is 0 Å². The number of rotatable bonds is 6. The highest BCUT2D eigenvalue weighted by Crippen LogP contribution is 2.20. The maximum atomic E-state index is 12.5. The number of para-hydroxylation sites is 1. The lowest BCUT2D eigenvalue weighted by atomic mass is 10.1. The molecule has 138 valence electrons. The van der Waals surface area contributed by atoms with Gasteiger partial charge in [0.15, 0.2) is 0 Å². The molecule has 0 saturated heterocycles. The van der Waals surface area contributed by atoms with Crippen molar-refractivity contribution in [2.45, 2.75) is 20.3 Å². The maximum Gasteiger partial charge on any atom is 0.274 e. The molecule has 0 saturated carbocycles. The normalized spacial score (nSPS) is 10.5. The van der Waals surface area contributed by atoms with Crippen LogP contribution in [0.4, 0.5) is 11.4 Å². The van der Waals surface area contributed by atoms with Crippen LogP contribution in [0.15, 0.2) is 61.1 Å². The third kappa shape index (κ3) is 4.70. The first-order valence-electron chi connectivity index (χ1n) is 8.98. The molecule has 27 heavy (non-hydrogen) atoms. The summed E-state index contributed by atoms with van der Waals surface area (Å²) in [5.74, 6) is -0.196. The van der Waals surface area contributed by atoms with Crippen LogP contribution in [0, 0.1) is 13.8 Å². The van der Waals surface area contributed by atoms with E-state index in [0.717, 1.165) is 35.5 Å². The number of hydrogen-bond donors (Lipinski definition) is 1. The Hall–Kier alpha value is -3.21. The largest absolute Gasteiger partial charge is 0.373 e. The minimum Gasteiger partial charge on any atom is -0.373 e. The van der Waals surface area contributed by atoms with E-state index in [0.29, 0.717) is 5.69 Å². The van der Waals surface area contributed by atoms with Crippen molar-refractivity contribution in [1.82, 2.24) is 9.97 Å². The Morgan fingerprint density at radius 3 is 2.37 bits per heavy atom. The molecule has 0 aliphatic carbocycles. The molecule has 5 heteroatoms. The van der Waals surface area contributed by atoms with E-state index in [1.165, 1.54) is 5.56 Å². The molecule has 2 aromatic heterocycles. The molecule has 0 bridgehead atoms. The average molecular weight is 360 g/mol. The fourth-order valence-electron chi connectivity index (χ4n) is 2.91. The summed E-state index contributed by atoms with van der Waals surface area (Å²) in [6.07, 6.45) is 6.28. The summed E-state index contributed by atoms with van der Waals surface area (Å²) in [7, 11) is 2.02. The van der Waals surface area contributed by atoms with Gasteiger partial charge >= 0.3 is 0 Å². The van der Waals surface area contributed by atoms with Crippen LogP contribution in [0.1, 0.15) is 27.2 Å². The van der Waals surface area contributed by atoms with Gasteiger partial charge in [-0.3, -0.25) is 9.78 Å². The number of amides is 1. The van der Waals surface area contributed by atoms with Crippen molar-refractivity contribution in [3.63, 3.8) is 0 Å². The van der Waals surface area contributed by atoms with E-state index < -0.39 is 0 Å². The average Bonchev–Trinajstić information content (AvgIpc) is 2.70. The fraction of sp³-hybridized carbons (Fsp3) is 0.227. The van der Waals surface area contributed by atoms with Gasteiger partial charge in [-0.1, -0.05) is 18.2 Å². The Bertz CT molecular complexity index is 887. The van der Waals surface area contributed by atoms with Crippen LogP contribution in [-0.2, 0) is 6.42 Å². The van der Waals surface area contributed by atoms with Gasteiger partial charge in [-0.05, 0) is 61.2 Å². The van der Waals surface area contributed by atoms with E-state index in [2.05, 4.69) is 20.2 Å². The van der Waals surface area contributed by atoms with E-state index in [1.807, 2.05) is 57.3 Å². The Labute approximate surface area is 160 Å². The quantitative estimate of drug-likeness (QED) is 0.721. The third-order valence-corrected chi connectivity index (χ3v) is 4.63. The molecule has 3 rings (SSSR count). The van der Waals surface area contributed by atoms with E-state index >= 15 is 0 Å². The molecule has 2 heterocycles. The summed E-state index contributed by atoms with van der Waals surface area (Å²) >= 11 is 0. The number of aromatic nitrogens is 2. The number of benzene rings is 1. The highest BCUT2D eigenvalue weighted by molar-refractivity contribution is 6.03. The molecule has 5 nitrogen and oxygen atoms in total. The summed E-state index contributed by atoms with van der Waals surface area (Å²) in [6.45, 7) is 4.83. The fourth-order valence-corrected chi connectivity index (χ4v) is 2.91. The SMILES string of the molecule is Cc1cccc(C)c1NC(=O)c1ccc(N(C)CCc2ccncc2)cn1. The van der Waals surface area contributed by atoms with Gasteiger partial charge in [0.1, 0.15) is 5.69 Å². The summed E-state index contributed by atoms with van der Waals surface area (Å²) in [4.78, 5) is 23.0. The molecule has 1 aromatic carbocycles. The highest BCUT2D eigenvalue weighted by Gasteiger charge is 2.11. The lowest BCUT2D eigenvalue weighted by molar-refractivity contribution is 0.102. The molecular weight excluding hydrogens is 336 g/mol. The highest BCUT2D eigenvalue weighted by atomic mass is 16.1. The number of anilines is 2. The summed E-state index contributed by atoms with van der Waals surface area (Å²) in [6, 6.07) is 13.7. The third-order valence-electron chi connectivity index (χ3n) is 4.63. The van der Waals surface area contributed by atoms with Gasteiger partial charge in [0, 0.05) is 31.7 Å². The topological polar surface area (TPSA) is 58.1 Å². The molecule has 1 N–H and O–H groups in total. The molecule has 3 aromatic rings. The molecule has 0 radical (unpaired) electrons. The standard InChI is InChI=1S/C22H24N4O/c1-16-5-4-6-17(2)21(16)25-22(27)20-8-7-19(15-24-20)26(3)14-11-18-9-12-23-13-10-18/h4-10,12-13,15H,11,14H2,1-3H3,(H,25,27). The van der Waals surface area contributed by atoms with Gasteiger partial charge in [0.25, 0.3) is 5.91 Å². The Morgan fingerprint density at radius 2 is 1.74 bits per heavy atom. The van der Waals surface area contributed by atoms with Crippen molar-refractivity contribution < 1.29 is 4.79 Å². The number of carbonyl (C=O) groups excluding carboxylic acids is 1. The van der Waals surface area contributed by atoms with Crippen LogP contribution < -0.4 is 10.2 Å². The lowest BCUT2D eigenvalue weighted by Gasteiger charge is -2.19. The number of hydrogen-bond acceptors (Lipinski definition) is 4. The number of pyridine rings is 2. The van der Waals surface area contributed by atoms with Crippen molar-refractivity contribution >= 4 is 17.3 Å². The molecule has 1 amide bonds. The zero-order valence-electron chi connectivity index (χ0n) is 15.9.